The van der Waals surface area contributed by atoms with Crippen molar-refractivity contribution in [2.75, 3.05) is 0 Å². The minimum Gasteiger partial charge on any atom is -0.402 e. The van der Waals surface area contributed by atoms with E-state index in [0.29, 0.717) is 0 Å². The van der Waals surface area contributed by atoms with Crippen LogP contribution in [0.4, 0.5) is 0 Å². The molecule has 0 saturated carbocycles. The summed E-state index contributed by atoms with van der Waals surface area (Å²) in [7, 11) is 0. The van der Waals surface area contributed by atoms with Gasteiger partial charge in [0.05, 0.1) is 0 Å². The summed E-state index contributed by atoms with van der Waals surface area (Å²) in [6.45, 7) is 5.61. The quantitative estimate of drug-likeness (QED) is 0.556. The molecule has 0 aromatic heterocycles. The maximum absolute atomic E-state index is 5.38. The van der Waals surface area contributed by atoms with Crippen LogP contribution >= 0.6 is 0 Å². The van der Waals surface area contributed by atoms with E-state index in [9.17, 15) is 0 Å². The molecule has 0 aliphatic carbocycles. The lowest BCUT2D eigenvalue weighted by Gasteiger charge is -1.91. The Kier molecular flexibility index (Phi) is 3.48. The molecular formula is C6H12N. The van der Waals surface area contributed by atoms with Crippen LogP contribution in [0, 0.1) is 6.92 Å². The number of rotatable bonds is 2. The van der Waals surface area contributed by atoms with Crippen LogP contribution in [0.1, 0.15) is 19.8 Å². The van der Waals surface area contributed by atoms with Gasteiger partial charge in [-0.1, -0.05) is 19.4 Å². The van der Waals surface area contributed by atoms with E-state index in [1.807, 2.05) is 0 Å². The van der Waals surface area contributed by atoms with Crippen LogP contribution in [0.25, 0.3) is 0 Å². The van der Waals surface area contributed by atoms with E-state index in [-0.39, 0.29) is 0 Å². The van der Waals surface area contributed by atoms with Crippen molar-refractivity contribution in [2.45, 2.75) is 19.8 Å². The van der Waals surface area contributed by atoms with Gasteiger partial charge in [0, 0.05) is 5.70 Å². The Balaban J connectivity index is 3.17. The van der Waals surface area contributed by atoms with Crippen LogP contribution < -0.4 is 5.73 Å². The van der Waals surface area contributed by atoms with Gasteiger partial charge in [-0.15, -0.1) is 0 Å². The monoisotopic (exact) mass is 98.1 g/mol. The molecule has 0 aromatic carbocycles. The lowest BCUT2D eigenvalue weighted by Crippen LogP contribution is -1.94. The van der Waals surface area contributed by atoms with Crippen molar-refractivity contribution in [1.29, 1.82) is 0 Å². The molecule has 0 aromatic rings. The largest absolute Gasteiger partial charge is 0.402 e. The summed E-state index contributed by atoms with van der Waals surface area (Å²) in [5, 5.41) is 0. The fourth-order valence-electron chi connectivity index (χ4n) is 0.391. The second kappa shape index (κ2) is 3.72. The van der Waals surface area contributed by atoms with Crippen molar-refractivity contribution < 1.29 is 0 Å². The van der Waals surface area contributed by atoms with E-state index < -0.39 is 0 Å². The number of hydrogen-bond acceptors (Lipinski definition) is 1. The van der Waals surface area contributed by atoms with Gasteiger partial charge in [0.1, 0.15) is 0 Å². The van der Waals surface area contributed by atoms with E-state index in [1.54, 1.807) is 6.08 Å². The summed E-state index contributed by atoms with van der Waals surface area (Å²) < 4.78 is 0. The maximum Gasteiger partial charge on any atom is 0.00399 e. The van der Waals surface area contributed by atoms with Crippen molar-refractivity contribution in [3.63, 3.8) is 0 Å². The maximum atomic E-state index is 5.38. The van der Waals surface area contributed by atoms with E-state index in [0.717, 1.165) is 18.5 Å². The molecule has 2 N–H and O–H groups in total. The van der Waals surface area contributed by atoms with Crippen LogP contribution in [0.15, 0.2) is 11.8 Å². The molecule has 0 bridgehead atoms. The zero-order chi connectivity index (χ0) is 5.70. The highest BCUT2D eigenvalue weighted by atomic mass is 14.6. The van der Waals surface area contributed by atoms with Gasteiger partial charge >= 0.3 is 0 Å². The molecule has 0 aliphatic rings. The highest BCUT2D eigenvalue weighted by Crippen LogP contribution is 1.93. The number of hydrogen-bond donors (Lipinski definition) is 1. The third kappa shape index (κ3) is 3.37. The average molecular weight is 98.2 g/mol. The Morgan fingerprint density at radius 3 is 2.57 bits per heavy atom. The lowest BCUT2D eigenvalue weighted by molar-refractivity contribution is 0.893. The summed E-state index contributed by atoms with van der Waals surface area (Å²) in [6.07, 6.45) is 3.78. The van der Waals surface area contributed by atoms with E-state index in [2.05, 4.69) is 13.8 Å². The fourth-order valence-corrected chi connectivity index (χ4v) is 0.391. The first-order valence-corrected chi connectivity index (χ1v) is 2.55. The van der Waals surface area contributed by atoms with Crippen molar-refractivity contribution in [3.05, 3.63) is 18.7 Å². The molecular weight excluding hydrogens is 86.1 g/mol. The van der Waals surface area contributed by atoms with Gasteiger partial charge in [-0.05, 0) is 13.3 Å². The molecule has 0 aliphatic heterocycles. The predicted molar refractivity (Wildman–Crippen MR) is 32.5 cm³/mol. The molecule has 0 fully saturated rings. The molecule has 1 radical (unpaired) electrons. The van der Waals surface area contributed by atoms with Crippen LogP contribution in [-0.2, 0) is 0 Å². The molecule has 1 nitrogen and oxygen atoms in total. The SMILES string of the molecule is [CH2]C=C(N)CCC. The van der Waals surface area contributed by atoms with Crippen molar-refractivity contribution in [1.82, 2.24) is 0 Å². The summed E-state index contributed by atoms with van der Waals surface area (Å²) in [5.41, 5.74) is 6.27. The smallest absolute Gasteiger partial charge is 0.00399 e. The van der Waals surface area contributed by atoms with Crippen molar-refractivity contribution in [2.24, 2.45) is 5.73 Å². The zero-order valence-corrected chi connectivity index (χ0v) is 4.78. The Morgan fingerprint density at radius 2 is 2.43 bits per heavy atom. The van der Waals surface area contributed by atoms with Gasteiger partial charge < -0.3 is 5.73 Å². The number of allylic oxidation sites excluding steroid dienone is 2. The van der Waals surface area contributed by atoms with Crippen molar-refractivity contribution in [3.8, 4) is 0 Å². The van der Waals surface area contributed by atoms with Crippen LogP contribution in [-0.4, -0.2) is 0 Å². The first-order valence-electron chi connectivity index (χ1n) is 2.55. The average Bonchev–Trinajstić information content (AvgIpc) is 1.68. The highest BCUT2D eigenvalue weighted by Gasteiger charge is 1.80. The Morgan fingerprint density at radius 1 is 1.86 bits per heavy atom. The molecule has 0 heterocycles. The molecule has 7 heavy (non-hydrogen) atoms. The van der Waals surface area contributed by atoms with Crippen LogP contribution in [0.3, 0.4) is 0 Å². The Labute approximate surface area is 45.2 Å². The van der Waals surface area contributed by atoms with Gasteiger partial charge in [0.15, 0.2) is 0 Å². The van der Waals surface area contributed by atoms with Crippen LogP contribution in [0.2, 0.25) is 0 Å². The van der Waals surface area contributed by atoms with Gasteiger partial charge in [-0.3, -0.25) is 0 Å². The van der Waals surface area contributed by atoms with E-state index >= 15 is 0 Å². The Hall–Kier alpha value is -0.460. The second-order valence-corrected chi connectivity index (χ2v) is 1.53. The molecule has 0 rings (SSSR count). The molecule has 0 amide bonds. The standard InChI is InChI=1S/C6H12N/c1-3-5-6(7)4-2/h4H,2-3,5,7H2,1H3. The zero-order valence-electron chi connectivity index (χ0n) is 4.78. The first kappa shape index (κ1) is 6.54. The highest BCUT2D eigenvalue weighted by molar-refractivity contribution is 4.97. The minimum absolute atomic E-state index is 0.891. The molecule has 0 unspecified atom stereocenters. The molecule has 1 heteroatoms. The predicted octanol–water partition coefficient (Wildman–Crippen LogP) is 1.46. The summed E-state index contributed by atoms with van der Waals surface area (Å²) in [5.74, 6) is 0. The van der Waals surface area contributed by atoms with Crippen LogP contribution in [0.5, 0.6) is 0 Å². The molecule has 0 spiro atoms. The minimum atomic E-state index is 0.891. The second-order valence-electron chi connectivity index (χ2n) is 1.53. The van der Waals surface area contributed by atoms with Gasteiger partial charge in [0.25, 0.3) is 0 Å². The van der Waals surface area contributed by atoms with Gasteiger partial charge in [-0.25, -0.2) is 0 Å². The summed E-state index contributed by atoms with van der Waals surface area (Å²) in [6, 6.07) is 0. The first-order chi connectivity index (χ1) is 3.31. The molecule has 0 saturated heterocycles. The van der Waals surface area contributed by atoms with Crippen molar-refractivity contribution >= 4 is 0 Å². The van der Waals surface area contributed by atoms with Gasteiger partial charge in [-0.2, -0.15) is 0 Å². The summed E-state index contributed by atoms with van der Waals surface area (Å²) >= 11 is 0. The Bertz CT molecular complexity index is 64.6. The van der Waals surface area contributed by atoms with E-state index in [1.165, 1.54) is 0 Å². The van der Waals surface area contributed by atoms with E-state index in [4.69, 9.17) is 5.73 Å². The number of nitrogens with two attached hydrogens (primary N) is 1. The summed E-state index contributed by atoms with van der Waals surface area (Å²) in [4.78, 5) is 0. The normalized spacial score (nSPS) is 12.0. The third-order valence-corrected chi connectivity index (χ3v) is 0.801. The van der Waals surface area contributed by atoms with Gasteiger partial charge in [0.2, 0.25) is 0 Å². The molecule has 41 valence electrons. The fraction of sp³-hybridized carbons (Fsp3) is 0.500. The third-order valence-electron chi connectivity index (χ3n) is 0.801. The topological polar surface area (TPSA) is 26.0 Å². The lowest BCUT2D eigenvalue weighted by atomic mass is 10.2. The molecule has 0 atom stereocenters.